The Morgan fingerprint density at radius 2 is 1.53 bits per heavy atom. The van der Waals surface area contributed by atoms with Gasteiger partial charge in [0.2, 0.25) is 0 Å². The van der Waals surface area contributed by atoms with Crippen molar-refractivity contribution in [2.24, 2.45) is 0 Å². The average Bonchev–Trinajstić information content (AvgIpc) is 3.29. The summed E-state index contributed by atoms with van der Waals surface area (Å²) < 4.78 is 31.1. The maximum absolute atomic E-state index is 13.3. The second-order valence-electron chi connectivity index (χ2n) is 8.02. The first-order valence-electron chi connectivity index (χ1n) is 10.9. The molecule has 0 aliphatic rings. The minimum Gasteiger partial charge on any atom is -0.379 e. The number of fused-ring (bicyclic) bond motifs is 1. The molecule has 0 radical (unpaired) electrons. The van der Waals surface area contributed by atoms with Crippen LogP contribution >= 0.6 is 46.4 Å². The van der Waals surface area contributed by atoms with Crippen molar-refractivity contribution < 1.29 is 17.4 Å². The Morgan fingerprint density at radius 1 is 0.816 bits per heavy atom. The Bertz CT molecular complexity index is 1820. The van der Waals surface area contributed by atoms with Crippen LogP contribution in [0.4, 0.5) is 5.82 Å². The van der Waals surface area contributed by atoms with E-state index in [9.17, 15) is 13.2 Å². The van der Waals surface area contributed by atoms with Crippen molar-refractivity contribution >= 4 is 79.1 Å². The van der Waals surface area contributed by atoms with Crippen LogP contribution < -0.4 is 9.50 Å². The summed E-state index contributed by atoms with van der Waals surface area (Å²) in [6.45, 7) is 0. The molecule has 0 aliphatic carbocycles. The molecule has 4 aromatic carbocycles. The summed E-state index contributed by atoms with van der Waals surface area (Å²) in [5.41, 5.74) is 2.19. The van der Waals surface area contributed by atoms with Crippen molar-refractivity contribution in [1.29, 1.82) is 0 Å². The van der Waals surface area contributed by atoms with Crippen LogP contribution in [0, 0.1) is 0 Å². The summed E-state index contributed by atoms with van der Waals surface area (Å²) in [5.74, 6) is -0.319. The quantitative estimate of drug-likeness (QED) is 0.192. The van der Waals surface area contributed by atoms with Crippen LogP contribution in [0.5, 0.6) is 5.75 Å². The van der Waals surface area contributed by atoms with Gasteiger partial charge in [-0.1, -0.05) is 70.7 Å². The normalized spacial score (nSPS) is 11.5. The number of aromatic nitrogens is 2. The summed E-state index contributed by atoms with van der Waals surface area (Å²) in [6, 6.07) is 20.4. The first-order chi connectivity index (χ1) is 18.1. The number of carbonyl (C=O) groups excluding carboxylic acids is 1. The molecule has 192 valence electrons. The number of benzene rings is 4. The zero-order chi connectivity index (χ0) is 27.0. The van der Waals surface area contributed by atoms with Crippen LogP contribution in [0.3, 0.4) is 0 Å². The van der Waals surface area contributed by atoms with E-state index in [2.05, 4.69) is 15.5 Å². The molecule has 1 amide bonds. The highest BCUT2D eigenvalue weighted by molar-refractivity contribution is 7.87. The fourth-order valence-corrected chi connectivity index (χ4v) is 5.26. The van der Waals surface area contributed by atoms with Gasteiger partial charge in [-0.05, 0) is 59.7 Å². The zero-order valence-corrected chi connectivity index (χ0v) is 22.8. The topological polar surface area (TPSA) is 101 Å². The van der Waals surface area contributed by atoms with E-state index in [4.69, 9.17) is 50.6 Å². The Labute approximate surface area is 237 Å². The van der Waals surface area contributed by atoms with Crippen molar-refractivity contribution in [2.75, 3.05) is 5.32 Å². The van der Waals surface area contributed by atoms with Crippen molar-refractivity contribution in [3.05, 3.63) is 105 Å². The number of halogens is 4. The first kappa shape index (κ1) is 26.3. The number of anilines is 1. The van der Waals surface area contributed by atoms with Crippen molar-refractivity contribution in [1.82, 2.24) is 10.2 Å². The molecule has 0 fully saturated rings. The predicted molar refractivity (Wildman–Crippen MR) is 150 cm³/mol. The highest BCUT2D eigenvalue weighted by Crippen LogP contribution is 2.32. The molecule has 0 atom stereocenters. The zero-order valence-electron chi connectivity index (χ0n) is 19.0. The van der Waals surface area contributed by atoms with Crippen molar-refractivity contribution in [3.63, 3.8) is 0 Å². The van der Waals surface area contributed by atoms with E-state index >= 15 is 0 Å². The number of carbonyl (C=O) groups is 1. The number of nitrogens with one attached hydrogen (secondary N) is 2. The number of aromatic amines is 1. The number of hydrogen-bond acceptors (Lipinski definition) is 5. The summed E-state index contributed by atoms with van der Waals surface area (Å²) in [5, 5.41) is 11.2. The van der Waals surface area contributed by atoms with E-state index in [1.807, 2.05) is 0 Å². The Balaban J connectivity index is 1.45. The lowest BCUT2D eigenvalue weighted by atomic mass is 9.99. The van der Waals surface area contributed by atoms with Gasteiger partial charge in [0.1, 0.15) is 10.6 Å². The Hall–Kier alpha value is -3.27. The molecule has 0 saturated carbocycles. The lowest BCUT2D eigenvalue weighted by Crippen LogP contribution is -2.14. The van der Waals surface area contributed by atoms with Crippen molar-refractivity contribution in [2.45, 2.75) is 4.90 Å². The minimum absolute atomic E-state index is 0.000809. The van der Waals surface area contributed by atoms with Gasteiger partial charge < -0.3 is 9.50 Å². The Morgan fingerprint density at radius 3 is 2.26 bits per heavy atom. The molecule has 0 saturated heterocycles. The highest BCUT2D eigenvalue weighted by Gasteiger charge is 2.21. The predicted octanol–water partition coefficient (Wildman–Crippen LogP) is 7.86. The third-order valence-electron chi connectivity index (χ3n) is 5.55. The molecule has 38 heavy (non-hydrogen) atoms. The number of rotatable bonds is 6. The fraction of sp³-hybridized carbons (Fsp3) is 0. The minimum atomic E-state index is -4.24. The van der Waals surface area contributed by atoms with Gasteiger partial charge in [0.15, 0.2) is 5.82 Å². The van der Waals surface area contributed by atoms with Crippen LogP contribution in [0.15, 0.2) is 83.8 Å². The molecule has 12 heteroatoms. The first-order valence-corrected chi connectivity index (χ1v) is 13.8. The van der Waals surface area contributed by atoms with Gasteiger partial charge in [-0.25, -0.2) is 0 Å². The molecule has 2 N–H and O–H groups in total. The van der Waals surface area contributed by atoms with Crippen LogP contribution in [0.1, 0.15) is 10.4 Å². The van der Waals surface area contributed by atoms with Crippen LogP contribution in [-0.2, 0) is 10.1 Å². The van der Waals surface area contributed by atoms with Crippen molar-refractivity contribution in [3.8, 4) is 16.9 Å². The van der Waals surface area contributed by atoms with Gasteiger partial charge in [0.25, 0.3) is 5.91 Å². The third kappa shape index (κ3) is 5.32. The summed E-state index contributed by atoms with van der Waals surface area (Å²) >= 11 is 24.1. The highest BCUT2D eigenvalue weighted by atomic mass is 35.5. The van der Waals surface area contributed by atoms with Crippen LogP contribution in [-0.4, -0.2) is 24.5 Å². The summed E-state index contributed by atoms with van der Waals surface area (Å²) in [4.78, 5) is 13.1. The van der Waals surface area contributed by atoms with Crippen LogP contribution in [0.25, 0.3) is 22.0 Å². The molecule has 0 spiro atoms. The van der Waals surface area contributed by atoms with E-state index in [-0.39, 0.29) is 26.5 Å². The summed E-state index contributed by atoms with van der Waals surface area (Å²) in [7, 11) is -4.24. The lowest BCUT2D eigenvalue weighted by molar-refractivity contribution is 0.102. The average molecular weight is 607 g/mol. The van der Waals surface area contributed by atoms with Gasteiger partial charge in [0.05, 0.1) is 25.6 Å². The second-order valence-corrected chi connectivity index (χ2v) is 11.2. The van der Waals surface area contributed by atoms with Gasteiger partial charge in [-0.3, -0.25) is 9.89 Å². The molecule has 0 bridgehead atoms. The standard InChI is InChI=1S/C26H15Cl4N3O4S/c27-20-8-5-14(11-22(20)29)17-3-1-2-4-18(17)26(34)31-25-19-13-16(7-10-24(19)32-33-25)38(35,36)37-15-6-9-21(28)23(30)12-15/h1-13H,(H2,31,32,33,34). The second kappa shape index (κ2) is 10.5. The number of amides is 1. The lowest BCUT2D eigenvalue weighted by Gasteiger charge is -2.11. The number of hydrogen-bond donors (Lipinski definition) is 2. The SMILES string of the molecule is O=C(Nc1n[nH]c2ccc(S(=O)(=O)Oc3ccc(Cl)c(Cl)c3)cc12)c1ccccc1-c1ccc(Cl)c(Cl)c1. The van der Waals surface area contributed by atoms with Gasteiger partial charge in [-0.15, -0.1) is 0 Å². The molecule has 1 aromatic heterocycles. The Kier molecular flexibility index (Phi) is 7.26. The monoisotopic (exact) mass is 605 g/mol. The van der Waals surface area contributed by atoms with E-state index in [1.165, 1.54) is 36.4 Å². The molecular weight excluding hydrogens is 592 g/mol. The van der Waals surface area contributed by atoms with Gasteiger partial charge in [0, 0.05) is 17.0 Å². The molecule has 0 unspecified atom stereocenters. The smallest absolute Gasteiger partial charge is 0.339 e. The van der Waals surface area contributed by atoms with E-state index in [1.54, 1.807) is 42.5 Å². The third-order valence-corrected chi connectivity index (χ3v) is 8.28. The largest absolute Gasteiger partial charge is 0.379 e. The van der Waals surface area contributed by atoms with Crippen LogP contribution in [0.2, 0.25) is 20.1 Å². The molecule has 7 nitrogen and oxygen atoms in total. The maximum atomic E-state index is 13.3. The number of H-pyrrole nitrogens is 1. The molecule has 5 rings (SSSR count). The van der Waals surface area contributed by atoms with E-state index < -0.39 is 16.0 Å². The van der Waals surface area contributed by atoms with E-state index in [0.717, 1.165) is 0 Å². The molecule has 1 heterocycles. The maximum Gasteiger partial charge on any atom is 0.339 e. The summed E-state index contributed by atoms with van der Waals surface area (Å²) in [6.07, 6.45) is 0. The fourth-order valence-electron chi connectivity index (χ4n) is 3.72. The number of nitrogens with zero attached hydrogens (tertiary/aromatic N) is 1. The molecule has 0 aliphatic heterocycles. The molecule has 5 aromatic rings. The van der Waals surface area contributed by atoms with Gasteiger partial charge in [-0.2, -0.15) is 13.5 Å². The van der Waals surface area contributed by atoms with E-state index in [0.29, 0.717) is 37.6 Å². The molecular formula is C26H15Cl4N3O4S. The van der Waals surface area contributed by atoms with Gasteiger partial charge >= 0.3 is 10.1 Å².